The molecule has 5 aromatic carbocycles. The Bertz CT molecular complexity index is 1830. The van der Waals surface area contributed by atoms with Gasteiger partial charge in [-0.3, -0.25) is 4.79 Å². The van der Waals surface area contributed by atoms with Gasteiger partial charge in [0.25, 0.3) is 0 Å². The van der Waals surface area contributed by atoms with E-state index in [0.29, 0.717) is 33.1 Å². The Kier molecular flexibility index (Phi) is 4.01. The third-order valence-electron chi connectivity index (χ3n) is 6.04. The van der Waals surface area contributed by atoms with Gasteiger partial charge < -0.3 is 19.4 Å². The molecule has 0 saturated carbocycles. The zero-order valence-corrected chi connectivity index (χ0v) is 17.1. The highest BCUT2D eigenvalue weighted by molar-refractivity contribution is 6.20. The van der Waals surface area contributed by atoms with E-state index >= 15 is 0 Å². The van der Waals surface area contributed by atoms with Crippen molar-refractivity contribution in [2.75, 3.05) is 0 Å². The smallest absolute Gasteiger partial charge is 0.179 e. The number of carbonyl (C=O) groups is 1. The van der Waals surface area contributed by atoms with Crippen LogP contribution >= 0.6 is 0 Å². The maximum absolute atomic E-state index is 12.0. The zero-order valence-electron chi connectivity index (χ0n) is 17.1. The van der Waals surface area contributed by atoms with Crippen molar-refractivity contribution in [2.45, 2.75) is 0 Å². The van der Waals surface area contributed by atoms with Gasteiger partial charge in [-0.05, 0) is 46.7 Å². The molecule has 0 aliphatic rings. The van der Waals surface area contributed by atoms with E-state index in [4.69, 9.17) is 4.42 Å². The lowest BCUT2D eigenvalue weighted by Gasteiger charge is -2.17. The quantitative estimate of drug-likeness (QED) is 0.301. The molecule has 6 rings (SSSR count). The Hall–Kier alpha value is -4.64. The summed E-state index contributed by atoms with van der Waals surface area (Å²) in [5.41, 5.74) is 2.20. The molecule has 0 aliphatic carbocycles. The van der Waals surface area contributed by atoms with Gasteiger partial charge in [-0.2, -0.15) is 0 Å². The average molecular weight is 430 g/mol. The number of benzene rings is 5. The van der Waals surface area contributed by atoms with Gasteiger partial charge in [-0.1, -0.05) is 54.6 Å². The van der Waals surface area contributed by atoms with Crippen LogP contribution in [-0.4, -0.2) is 5.97 Å². The van der Waals surface area contributed by atoms with Gasteiger partial charge in [0.05, 0.1) is 5.97 Å². The molecule has 6 aromatic rings. The normalized spacial score (nSPS) is 11.5. The molecule has 5 heteroatoms. The van der Waals surface area contributed by atoms with Crippen LogP contribution in [0.5, 0.6) is 5.75 Å². The molecule has 0 saturated heterocycles. The third kappa shape index (κ3) is 2.87. The lowest BCUT2D eigenvalue weighted by Crippen LogP contribution is -2.23. The van der Waals surface area contributed by atoms with Crippen molar-refractivity contribution in [3.05, 3.63) is 101 Å². The predicted octanol–water partition coefficient (Wildman–Crippen LogP) is 4.36. The van der Waals surface area contributed by atoms with Gasteiger partial charge in [0, 0.05) is 32.7 Å². The first-order valence-corrected chi connectivity index (χ1v) is 10.3. The minimum Gasteiger partial charge on any atom is -0.872 e. The lowest BCUT2D eigenvalue weighted by molar-refractivity contribution is -0.268. The highest BCUT2D eigenvalue weighted by atomic mass is 16.4. The standard InChI is InChI=1S/C28H16O5/c29-17-7-11-19-15(13-17)5-9-23-25(21-3-1-2-4-22(21)28(31)32)24-10-6-16-14-18(30)8-12-20(16)27(24)33-26(19)23/h1-14,29H,(H,31,32)/p-2. The summed E-state index contributed by atoms with van der Waals surface area (Å²) in [6.07, 6.45) is 0. The zero-order chi connectivity index (χ0) is 22.7. The molecule has 0 unspecified atom stereocenters. The topological polar surface area (TPSA) is 93.4 Å². The number of hydrogen-bond acceptors (Lipinski definition) is 5. The van der Waals surface area contributed by atoms with Crippen LogP contribution in [-0.2, 0) is 0 Å². The molecule has 0 aliphatic heterocycles. The van der Waals surface area contributed by atoms with Crippen LogP contribution in [0.25, 0.3) is 54.6 Å². The fourth-order valence-corrected chi connectivity index (χ4v) is 4.59. The van der Waals surface area contributed by atoms with Crippen molar-refractivity contribution in [3.63, 3.8) is 0 Å². The number of aromatic carboxylic acids is 1. The Morgan fingerprint density at radius 3 is 2.00 bits per heavy atom. The molecule has 0 bridgehead atoms. The van der Waals surface area contributed by atoms with Gasteiger partial charge in [-0.25, -0.2) is 0 Å². The van der Waals surface area contributed by atoms with Gasteiger partial charge in [-0.15, -0.1) is 5.75 Å². The molecular weight excluding hydrogens is 416 g/mol. The Morgan fingerprint density at radius 1 is 0.697 bits per heavy atom. The van der Waals surface area contributed by atoms with E-state index in [2.05, 4.69) is 0 Å². The number of fused-ring (bicyclic) bond motifs is 6. The summed E-state index contributed by atoms with van der Waals surface area (Å²) >= 11 is 0. The number of carboxylic acid groups (broad SMARTS) is 1. The first kappa shape index (κ1) is 19.1. The van der Waals surface area contributed by atoms with Crippen LogP contribution in [0.1, 0.15) is 10.4 Å². The molecule has 0 amide bonds. The number of carbonyl (C=O) groups excluding carboxylic acids is 1. The van der Waals surface area contributed by atoms with Gasteiger partial charge >= 0.3 is 0 Å². The summed E-state index contributed by atoms with van der Waals surface area (Å²) in [6.45, 7) is 0. The second kappa shape index (κ2) is 6.93. The van der Waals surface area contributed by atoms with Crippen LogP contribution in [0.2, 0.25) is 0 Å². The second-order valence-electron chi connectivity index (χ2n) is 7.96. The van der Waals surface area contributed by atoms with Crippen molar-refractivity contribution in [1.29, 1.82) is 0 Å². The fraction of sp³-hybridized carbons (Fsp3) is 0. The van der Waals surface area contributed by atoms with E-state index < -0.39 is 5.97 Å². The van der Waals surface area contributed by atoms with Crippen LogP contribution in [0.15, 0.2) is 94.1 Å². The van der Waals surface area contributed by atoms with Crippen LogP contribution in [0, 0.1) is 0 Å². The minimum absolute atomic E-state index is 0.0660. The Morgan fingerprint density at radius 2 is 1.30 bits per heavy atom. The number of hydrogen-bond donors (Lipinski definition) is 0. The molecule has 158 valence electrons. The van der Waals surface area contributed by atoms with Crippen molar-refractivity contribution < 1.29 is 19.4 Å². The highest BCUT2D eigenvalue weighted by Gasteiger charge is 2.18. The van der Waals surface area contributed by atoms with E-state index in [1.807, 2.05) is 24.3 Å². The van der Waals surface area contributed by atoms with Crippen molar-refractivity contribution in [2.24, 2.45) is 0 Å². The van der Waals surface area contributed by atoms with Gasteiger partial charge in [0.15, 0.2) is 5.43 Å². The lowest BCUT2D eigenvalue weighted by atomic mass is 9.91. The van der Waals surface area contributed by atoms with E-state index in [-0.39, 0.29) is 16.7 Å². The molecule has 1 aromatic heterocycles. The molecule has 0 fully saturated rings. The molecule has 0 spiro atoms. The summed E-state index contributed by atoms with van der Waals surface area (Å²) in [7, 11) is 0. The molecule has 1 heterocycles. The molecule has 5 nitrogen and oxygen atoms in total. The summed E-state index contributed by atoms with van der Waals surface area (Å²) in [5, 5.41) is 28.2. The molecule has 0 atom stereocenters. The average Bonchev–Trinajstić information content (AvgIpc) is 2.82. The monoisotopic (exact) mass is 430 g/mol. The second-order valence-corrected chi connectivity index (χ2v) is 7.96. The largest absolute Gasteiger partial charge is 0.872 e. The number of carboxylic acids is 1. The van der Waals surface area contributed by atoms with E-state index in [1.54, 1.807) is 30.3 Å². The van der Waals surface area contributed by atoms with Crippen molar-refractivity contribution in [1.82, 2.24) is 0 Å². The Balaban J connectivity index is 1.90. The van der Waals surface area contributed by atoms with Gasteiger partial charge in [0.2, 0.25) is 0 Å². The molecular formula is C28H14O5-2. The third-order valence-corrected chi connectivity index (χ3v) is 6.04. The van der Waals surface area contributed by atoms with E-state index in [0.717, 1.165) is 21.5 Å². The molecule has 33 heavy (non-hydrogen) atoms. The Labute approximate surface area is 186 Å². The fourth-order valence-electron chi connectivity index (χ4n) is 4.59. The van der Waals surface area contributed by atoms with Crippen LogP contribution in [0.3, 0.4) is 0 Å². The highest BCUT2D eigenvalue weighted by Crippen LogP contribution is 2.42. The SMILES string of the molecule is O=C([O-])c1ccccc1-c1c2ccc3cc([O-])ccc3c2oc2c1ccc1cc(=O)ccc12. The first-order valence-electron chi connectivity index (χ1n) is 10.3. The molecule has 0 radical (unpaired) electrons. The van der Waals surface area contributed by atoms with Crippen molar-refractivity contribution >= 4 is 49.5 Å². The summed E-state index contributed by atoms with van der Waals surface area (Å²) < 4.78 is 6.45. The maximum atomic E-state index is 12.0. The van der Waals surface area contributed by atoms with Crippen LogP contribution < -0.4 is 15.6 Å². The summed E-state index contributed by atoms with van der Waals surface area (Å²) in [5.74, 6) is -1.39. The predicted molar refractivity (Wildman–Crippen MR) is 124 cm³/mol. The van der Waals surface area contributed by atoms with E-state index in [1.165, 1.54) is 30.3 Å². The van der Waals surface area contributed by atoms with Gasteiger partial charge in [0.1, 0.15) is 11.2 Å². The number of rotatable bonds is 2. The maximum Gasteiger partial charge on any atom is 0.179 e. The van der Waals surface area contributed by atoms with E-state index in [9.17, 15) is 19.8 Å². The first-order chi connectivity index (χ1) is 16.0. The summed E-state index contributed by atoms with van der Waals surface area (Å²) in [4.78, 5) is 23.9. The molecule has 0 N–H and O–H groups in total. The summed E-state index contributed by atoms with van der Waals surface area (Å²) in [6, 6.07) is 23.5. The minimum atomic E-state index is -1.28. The van der Waals surface area contributed by atoms with Crippen molar-refractivity contribution in [3.8, 4) is 16.9 Å². The van der Waals surface area contributed by atoms with Crippen LogP contribution in [0.4, 0.5) is 0 Å².